The van der Waals surface area contributed by atoms with Crippen molar-refractivity contribution >= 4 is 53.3 Å². The van der Waals surface area contributed by atoms with Gasteiger partial charge in [0.05, 0.1) is 0 Å². The van der Waals surface area contributed by atoms with Crippen LogP contribution in [0.1, 0.15) is 5.56 Å². The Bertz CT molecular complexity index is 420. The van der Waals surface area contributed by atoms with E-state index in [9.17, 15) is 0 Å². The van der Waals surface area contributed by atoms with Crippen LogP contribution < -0.4 is 0 Å². The lowest BCUT2D eigenvalue weighted by atomic mass is 10.1. The molecule has 0 unspecified atom stereocenters. The first-order valence-electron chi connectivity index (χ1n) is 4.03. The number of halogens is 2. The first-order valence-corrected chi connectivity index (χ1v) is 6.82. The number of benzene rings is 1. The molecule has 0 bridgehead atoms. The van der Waals surface area contributed by atoms with Crippen molar-refractivity contribution in [2.45, 2.75) is 6.42 Å². The van der Waals surface area contributed by atoms with Gasteiger partial charge in [0.15, 0.2) is 0 Å². The molecule has 0 N–H and O–H groups in total. The number of aryl methyl sites for hydroxylation is 1. The Morgan fingerprint density at radius 2 is 2.15 bits per heavy atom. The molecule has 0 radical (unpaired) electrons. The lowest BCUT2D eigenvalue weighted by Crippen LogP contribution is -1.81. The van der Waals surface area contributed by atoms with Gasteiger partial charge in [-0.15, -0.1) is 11.3 Å². The number of rotatable bonds is 2. The fourth-order valence-electron chi connectivity index (χ4n) is 1.35. The van der Waals surface area contributed by atoms with Gasteiger partial charge >= 0.3 is 0 Å². The third-order valence-electron chi connectivity index (χ3n) is 1.98. The Kier molecular flexibility index (Phi) is 3.06. The van der Waals surface area contributed by atoms with Crippen LogP contribution in [0.5, 0.6) is 0 Å². The standard InChI is InChI=1S/C10H8Br2S/c11-4-3-7-6-13-10-2-1-8(12)5-9(7)10/h1-2,5-6H,3-4H2. The smallest absolute Gasteiger partial charge is 0.0346 e. The summed E-state index contributed by atoms with van der Waals surface area (Å²) in [5, 5.41) is 4.67. The summed E-state index contributed by atoms with van der Waals surface area (Å²) in [6, 6.07) is 6.46. The van der Waals surface area contributed by atoms with Crippen LogP contribution in [0.4, 0.5) is 0 Å². The number of thiophene rings is 1. The SMILES string of the molecule is BrCCc1csc2ccc(Br)cc12. The van der Waals surface area contributed by atoms with E-state index in [0.717, 1.165) is 16.2 Å². The average molecular weight is 320 g/mol. The van der Waals surface area contributed by atoms with Crippen molar-refractivity contribution in [2.75, 3.05) is 5.33 Å². The molecule has 0 saturated carbocycles. The summed E-state index contributed by atoms with van der Waals surface area (Å²) in [6.45, 7) is 0. The lowest BCUT2D eigenvalue weighted by molar-refractivity contribution is 1.20. The fraction of sp³-hybridized carbons (Fsp3) is 0.200. The molecule has 0 fully saturated rings. The number of alkyl halides is 1. The summed E-state index contributed by atoms with van der Waals surface area (Å²) in [7, 11) is 0. The van der Waals surface area contributed by atoms with E-state index in [-0.39, 0.29) is 0 Å². The zero-order valence-electron chi connectivity index (χ0n) is 6.89. The summed E-state index contributed by atoms with van der Waals surface area (Å²) in [4.78, 5) is 0. The van der Waals surface area contributed by atoms with E-state index in [1.807, 2.05) is 11.3 Å². The second-order valence-electron chi connectivity index (χ2n) is 2.84. The van der Waals surface area contributed by atoms with E-state index in [0.29, 0.717) is 0 Å². The summed E-state index contributed by atoms with van der Waals surface area (Å²) in [6.07, 6.45) is 1.11. The summed E-state index contributed by atoms with van der Waals surface area (Å²) >= 11 is 8.78. The monoisotopic (exact) mass is 318 g/mol. The van der Waals surface area contributed by atoms with E-state index in [2.05, 4.69) is 55.4 Å². The van der Waals surface area contributed by atoms with Crippen LogP contribution in [-0.2, 0) is 6.42 Å². The topological polar surface area (TPSA) is 0 Å². The molecule has 1 heterocycles. The fourth-order valence-corrected chi connectivity index (χ4v) is 3.12. The van der Waals surface area contributed by atoms with Gasteiger partial charge < -0.3 is 0 Å². The van der Waals surface area contributed by atoms with Crippen molar-refractivity contribution in [2.24, 2.45) is 0 Å². The molecule has 1 aromatic heterocycles. The van der Waals surface area contributed by atoms with E-state index >= 15 is 0 Å². The maximum atomic E-state index is 3.50. The quantitative estimate of drug-likeness (QED) is 0.710. The Morgan fingerprint density at radius 3 is 2.92 bits per heavy atom. The Morgan fingerprint density at radius 1 is 1.31 bits per heavy atom. The molecule has 2 aromatic rings. The maximum Gasteiger partial charge on any atom is 0.0346 e. The van der Waals surface area contributed by atoms with Gasteiger partial charge in [-0.05, 0) is 40.9 Å². The van der Waals surface area contributed by atoms with Crippen LogP contribution in [0.15, 0.2) is 28.1 Å². The molecule has 0 aliphatic heterocycles. The largest absolute Gasteiger partial charge is 0.144 e. The molecule has 0 amide bonds. The van der Waals surface area contributed by atoms with Crippen molar-refractivity contribution in [3.63, 3.8) is 0 Å². The number of hydrogen-bond donors (Lipinski definition) is 0. The van der Waals surface area contributed by atoms with Crippen LogP contribution in [-0.4, -0.2) is 5.33 Å². The van der Waals surface area contributed by atoms with Crippen LogP contribution >= 0.6 is 43.2 Å². The molecule has 13 heavy (non-hydrogen) atoms. The molecule has 68 valence electrons. The van der Waals surface area contributed by atoms with Gasteiger partial charge in [-0.1, -0.05) is 31.9 Å². The maximum absolute atomic E-state index is 3.50. The zero-order valence-corrected chi connectivity index (χ0v) is 10.9. The van der Waals surface area contributed by atoms with Gasteiger partial charge in [0.1, 0.15) is 0 Å². The molecule has 2 rings (SSSR count). The van der Waals surface area contributed by atoms with Crippen molar-refractivity contribution in [1.29, 1.82) is 0 Å². The molecule has 0 aliphatic carbocycles. The van der Waals surface area contributed by atoms with Crippen LogP contribution in [0.3, 0.4) is 0 Å². The van der Waals surface area contributed by atoms with Crippen molar-refractivity contribution in [3.8, 4) is 0 Å². The van der Waals surface area contributed by atoms with E-state index in [4.69, 9.17) is 0 Å². The summed E-state index contributed by atoms with van der Waals surface area (Å²) < 4.78 is 2.54. The Hall–Kier alpha value is 0.140. The molecule has 0 nitrogen and oxygen atoms in total. The zero-order chi connectivity index (χ0) is 9.26. The molecule has 0 aliphatic rings. The highest BCUT2D eigenvalue weighted by Crippen LogP contribution is 2.29. The van der Waals surface area contributed by atoms with Gasteiger partial charge in [0, 0.05) is 14.5 Å². The predicted molar refractivity (Wildman–Crippen MR) is 67.0 cm³/mol. The van der Waals surface area contributed by atoms with Gasteiger partial charge in [0.2, 0.25) is 0 Å². The first-order chi connectivity index (χ1) is 6.31. The van der Waals surface area contributed by atoms with Crippen LogP contribution in [0.25, 0.3) is 10.1 Å². The van der Waals surface area contributed by atoms with E-state index in [1.54, 1.807) is 0 Å². The first kappa shape index (κ1) is 9.69. The molecular formula is C10H8Br2S. The Labute approximate surface area is 98.2 Å². The molecule has 0 spiro atoms. The third-order valence-corrected chi connectivity index (χ3v) is 3.88. The highest BCUT2D eigenvalue weighted by atomic mass is 79.9. The summed E-state index contributed by atoms with van der Waals surface area (Å²) in [5.74, 6) is 0. The molecule has 1 aromatic carbocycles. The second-order valence-corrected chi connectivity index (χ2v) is 5.46. The predicted octanol–water partition coefficient (Wildman–Crippen LogP) is 4.60. The highest BCUT2D eigenvalue weighted by Gasteiger charge is 2.03. The minimum atomic E-state index is 1.03. The minimum absolute atomic E-state index is 1.03. The molecule has 3 heteroatoms. The molecular weight excluding hydrogens is 312 g/mol. The van der Waals surface area contributed by atoms with Crippen molar-refractivity contribution < 1.29 is 0 Å². The summed E-state index contributed by atoms with van der Waals surface area (Å²) in [5.41, 5.74) is 1.44. The highest BCUT2D eigenvalue weighted by molar-refractivity contribution is 9.10. The van der Waals surface area contributed by atoms with Gasteiger partial charge in [-0.2, -0.15) is 0 Å². The second kappa shape index (κ2) is 4.11. The lowest BCUT2D eigenvalue weighted by Gasteiger charge is -1.95. The normalized spacial score (nSPS) is 10.9. The van der Waals surface area contributed by atoms with Gasteiger partial charge in [0.25, 0.3) is 0 Å². The van der Waals surface area contributed by atoms with E-state index in [1.165, 1.54) is 15.6 Å². The average Bonchev–Trinajstić information content (AvgIpc) is 2.49. The molecule has 0 atom stereocenters. The van der Waals surface area contributed by atoms with Gasteiger partial charge in [-0.25, -0.2) is 0 Å². The van der Waals surface area contributed by atoms with Crippen LogP contribution in [0, 0.1) is 0 Å². The van der Waals surface area contributed by atoms with Crippen molar-refractivity contribution in [1.82, 2.24) is 0 Å². The number of hydrogen-bond acceptors (Lipinski definition) is 1. The Balaban J connectivity index is 2.58. The van der Waals surface area contributed by atoms with Crippen LogP contribution in [0.2, 0.25) is 0 Å². The van der Waals surface area contributed by atoms with Crippen molar-refractivity contribution in [3.05, 3.63) is 33.6 Å². The minimum Gasteiger partial charge on any atom is -0.144 e. The third kappa shape index (κ3) is 1.97. The molecule has 0 saturated heterocycles. The number of fused-ring (bicyclic) bond motifs is 1. The van der Waals surface area contributed by atoms with E-state index < -0.39 is 0 Å². The van der Waals surface area contributed by atoms with Gasteiger partial charge in [-0.3, -0.25) is 0 Å².